The molecule has 0 rings (SSSR count). The highest BCUT2D eigenvalue weighted by atomic mass is 31.2. The summed E-state index contributed by atoms with van der Waals surface area (Å²) in [5.41, 5.74) is 5.32. The molecular formula is C8H20N3O4P. The topological polar surface area (TPSA) is 116 Å². The Morgan fingerprint density at radius 3 is 2.56 bits per heavy atom. The summed E-state index contributed by atoms with van der Waals surface area (Å²) in [7, 11) is -3.21. The Morgan fingerprint density at radius 1 is 1.62 bits per heavy atom. The first-order valence-corrected chi connectivity index (χ1v) is 7.28. The summed E-state index contributed by atoms with van der Waals surface area (Å²) in [5.74, 6) is -0.529. The van der Waals surface area contributed by atoms with E-state index in [1.807, 2.05) is 0 Å². The molecule has 7 nitrogen and oxygen atoms in total. The summed E-state index contributed by atoms with van der Waals surface area (Å²) in [6, 6.07) is 0. The Kier molecular flexibility index (Phi) is 6.78. The first-order valence-electron chi connectivity index (χ1n) is 4.99. The highest BCUT2D eigenvalue weighted by Crippen LogP contribution is 2.33. The lowest BCUT2D eigenvalue weighted by Crippen LogP contribution is -2.46. The lowest BCUT2D eigenvalue weighted by Gasteiger charge is -2.26. The number of carbonyl (C=O) groups excluding carboxylic acids is 1. The first kappa shape index (κ1) is 15.5. The van der Waals surface area contributed by atoms with E-state index >= 15 is 0 Å². The molecule has 0 aromatic rings. The summed E-state index contributed by atoms with van der Waals surface area (Å²) in [6.07, 6.45) is 0.183. The van der Waals surface area contributed by atoms with E-state index in [1.54, 1.807) is 0 Å². The number of nitrogens with two attached hydrogens (primary N) is 1. The van der Waals surface area contributed by atoms with Crippen LogP contribution < -0.4 is 11.1 Å². The van der Waals surface area contributed by atoms with Crippen LogP contribution in [0.4, 0.5) is 0 Å². The second-order valence-corrected chi connectivity index (χ2v) is 6.14. The molecule has 0 aromatic heterocycles. The van der Waals surface area contributed by atoms with Crippen molar-refractivity contribution in [3.63, 3.8) is 0 Å². The zero-order valence-corrected chi connectivity index (χ0v) is 10.5. The van der Waals surface area contributed by atoms with Gasteiger partial charge in [-0.05, 0) is 19.4 Å². The van der Waals surface area contributed by atoms with E-state index in [0.29, 0.717) is 24.4 Å². The van der Waals surface area contributed by atoms with E-state index in [1.165, 1.54) is 13.6 Å². The number of nitrogens with one attached hydrogen (secondary N) is 1. The fourth-order valence-corrected chi connectivity index (χ4v) is 1.67. The fraction of sp³-hybridized carbons (Fsp3) is 0.875. The van der Waals surface area contributed by atoms with Crippen LogP contribution in [0.3, 0.4) is 0 Å². The third kappa shape index (κ3) is 6.92. The average molecular weight is 253 g/mol. The zero-order chi connectivity index (χ0) is 12.8. The third-order valence-electron chi connectivity index (χ3n) is 1.92. The lowest BCUT2D eigenvalue weighted by molar-refractivity contribution is -0.176. The number of hydroxylamine groups is 2. The van der Waals surface area contributed by atoms with Crippen molar-refractivity contribution in [3.05, 3.63) is 0 Å². The Balaban J connectivity index is 4.31. The van der Waals surface area contributed by atoms with Crippen molar-refractivity contribution in [2.75, 3.05) is 19.5 Å². The molecule has 1 amide bonds. The van der Waals surface area contributed by atoms with Gasteiger partial charge in [-0.1, -0.05) is 0 Å². The molecular weight excluding hydrogens is 233 g/mol. The van der Waals surface area contributed by atoms with Gasteiger partial charge < -0.3 is 10.6 Å². The van der Waals surface area contributed by atoms with Crippen molar-refractivity contribution < 1.29 is 19.5 Å². The Labute approximate surface area is 95.0 Å². The summed E-state index contributed by atoms with van der Waals surface area (Å²) in [5, 5.41) is 12.6. The van der Waals surface area contributed by atoms with Gasteiger partial charge in [0, 0.05) is 13.6 Å². The minimum absolute atomic E-state index is 0.160. The van der Waals surface area contributed by atoms with E-state index in [2.05, 4.69) is 5.32 Å². The maximum absolute atomic E-state index is 11.1. The summed E-state index contributed by atoms with van der Waals surface area (Å²) in [4.78, 5) is 20.0. The van der Waals surface area contributed by atoms with Crippen LogP contribution in [-0.2, 0) is 9.36 Å². The third-order valence-corrected chi connectivity index (χ3v) is 2.69. The molecule has 0 spiro atoms. The predicted molar refractivity (Wildman–Crippen MR) is 60.1 cm³/mol. The molecule has 2 unspecified atom stereocenters. The van der Waals surface area contributed by atoms with Crippen LogP contribution in [0.15, 0.2) is 0 Å². The SMILES string of the molecule is CC(=O)N(O)C(CCCN)NCP(C)(=O)O. The van der Waals surface area contributed by atoms with Crippen LogP contribution in [0, 0.1) is 0 Å². The number of nitrogens with zero attached hydrogens (tertiary/aromatic N) is 1. The summed E-state index contributed by atoms with van der Waals surface area (Å²) >= 11 is 0. The first-order chi connectivity index (χ1) is 7.28. The standard InChI is InChI=1S/C8H20N3O4P/c1-7(12)11(13)8(4-3-5-9)10-6-16(2,14)15/h8,10,13H,3-6,9H2,1-2H3,(H,14,15). The van der Waals surface area contributed by atoms with Gasteiger partial charge >= 0.3 is 0 Å². The van der Waals surface area contributed by atoms with Gasteiger partial charge in [-0.15, -0.1) is 0 Å². The van der Waals surface area contributed by atoms with Gasteiger partial charge in [0.15, 0.2) is 0 Å². The molecule has 0 aromatic carbocycles. The number of hydrogen-bond donors (Lipinski definition) is 4. The van der Waals surface area contributed by atoms with E-state index < -0.39 is 19.4 Å². The smallest absolute Gasteiger partial charge is 0.244 e. The molecule has 0 fully saturated rings. The highest BCUT2D eigenvalue weighted by Gasteiger charge is 2.21. The number of hydrogen-bond acceptors (Lipinski definition) is 5. The van der Waals surface area contributed by atoms with Crippen molar-refractivity contribution in [2.24, 2.45) is 5.73 Å². The van der Waals surface area contributed by atoms with Crippen molar-refractivity contribution in [1.82, 2.24) is 10.4 Å². The second kappa shape index (κ2) is 6.98. The van der Waals surface area contributed by atoms with E-state index in [-0.39, 0.29) is 6.29 Å². The highest BCUT2D eigenvalue weighted by molar-refractivity contribution is 7.57. The number of rotatable bonds is 7. The molecule has 0 saturated heterocycles. The second-order valence-electron chi connectivity index (χ2n) is 3.72. The monoisotopic (exact) mass is 253 g/mol. The van der Waals surface area contributed by atoms with Crippen molar-refractivity contribution >= 4 is 13.3 Å². The molecule has 0 aliphatic heterocycles. The molecule has 5 N–H and O–H groups in total. The molecule has 0 aliphatic carbocycles. The largest absolute Gasteiger partial charge is 0.344 e. The van der Waals surface area contributed by atoms with Crippen molar-refractivity contribution in [1.29, 1.82) is 0 Å². The maximum atomic E-state index is 11.1. The van der Waals surface area contributed by atoms with Gasteiger partial charge in [0.05, 0.1) is 6.29 Å². The Bertz CT molecular complexity index is 268. The number of amides is 1. The molecule has 0 saturated carbocycles. The molecule has 2 atom stereocenters. The van der Waals surface area contributed by atoms with Crippen LogP contribution in [0.25, 0.3) is 0 Å². The Hall–Kier alpha value is -0.460. The minimum atomic E-state index is -3.21. The molecule has 0 aliphatic rings. The van der Waals surface area contributed by atoms with Crippen LogP contribution in [-0.4, -0.2) is 46.7 Å². The van der Waals surface area contributed by atoms with E-state index in [0.717, 1.165) is 0 Å². The zero-order valence-electron chi connectivity index (χ0n) is 9.59. The van der Waals surface area contributed by atoms with Crippen LogP contribution in [0.1, 0.15) is 19.8 Å². The normalized spacial score (nSPS) is 16.6. The Morgan fingerprint density at radius 2 is 2.19 bits per heavy atom. The molecule has 0 bridgehead atoms. The van der Waals surface area contributed by atoms with Crippen LogP contribution in [0.5, 0.6) is 0 Å². The van der Waals surface area contributed by atoms with Gasteiger partial charge in [-0.25, -0.2) is 5.06 Å². The fourth-order valence-electron chi connectivity index (χ4n) is 1.12. The molecule has 16 heavy (non-hydrogen) atoms. The molecule has 0 heterocycles. The van der Waals surface area contributed by atoms with Gasteiger partial charge in [0.25, 0.3) is 0 Å². The summed E-state index contributed by atoms with van der Waals surface area (Å²) in [6.45, 7) is 2.84. The summed E-state index contributed by atoms with van der Waals surface area (Å²) < 4.78 is 11.1. The van der Waals surface area contributed by atoms with Gasteiger partial charge in [0.1, 0.15) is 6.17 Å². The van der Waals surface area contributed by atoms with Crippen molar-refractivity contribution in [2.45, 2.75) is 25.9 Å². The molecule has 8 heteroatoms. The van der Waals surface area contributed by atoms with Gasteiger partial charge in [0.2, 0.25) is 13.3 Å². The van der Waals surface area contributed by atoms with E-state index in [4.69, 9.17) is 10.6 Å². The van der Waals surface area contributed by atoms with Gasteiger partial charge in [-0.2, -0.15) is 0 Å². The molecule has 0 radical (unpaired) electrons. The quantitative estimate of drug-likeness (QED) is 0.215. The van der Waals surface area contributed by atoms with Crippen molar-refractivity contribution in [3.8, 4) is 0 Å². The predicted octanol–water partition coefficient (Wildman–Crippen LogP) is -0.264. The van der Waals surface area contributed by atoms with Gasteiger partial charge in [-0.3, -0.25) is 19.9 Å². The molecule has 96 valence electrons. The van der Waals surface area contributed by atoms with Crippen LogP contribution >= 0.6 is 7.37 Å². The van der Waals surface area contributed by atoms with Crippen LogP contribution in [0.2, 0.25) is 0 Å². The minimum Gasteiger partial charge on any atom is -0.344 e. The average Bonchev–Trinajstić information content (AvgIpc) is 2.15. The number of carbonyl (C=O) groups is 1. The maximum Gasteiger partial charge on any atom is 0.244 e. The van der Waals surface area contributed by atoms with E-state index in [9.17, 15) is 14.6 Å². The lowest BCUT2D eigenvalue weighted by atomic mass is 10.2.